The Bertz CT molecular complexity index is 644. The molecule has 0 spiro atoms. The van der Waals surface area contributed by atoms with Crippen LogP contribution in [0, 0.1) is 5.41 Å². The van der Waals surface area contributed by atoms with Crippen molar-refractivity contribution in [2.45, 2.75) is 13.3 Å². The molecule has 2 heterocycles. The van der Waals surface area contributed by atoms with Gasteiger partial charge in [-0.2, -0.15) is 0 Å². The van der Waals surface area contributed by atoms with Crippen LogP contribution in [0.1, 0.15) is 18.1 Å². The van der Waals surface area contributed by atoms with E-state index in [-0.39, 0.29) is 11.9 Å². The minimum atomic E-state index is -0.566. The van der Waals surface area contributed by atoms with E-state index in [0.717, 1.165) is 24.3 Å². The second-order valence-corrected chi connectivity index (χ2v) is 6.05. The molecule has 1 fully saturated rings. The van der Waals surface area contributed by atoms with Crippen LogP contribution in [-0.2, 0) is 20.7 Å². The van der Waals surface area contributed by atoms with Gasteiger partial charge < -0.3 is 14.4 Å². The average Bonchev–Trinajstić information content (AvgIpc) is 2.96. The molecule has 3 rings (SSSR count). The zero-order chi connectivity index (χ0) is 15.7. The van der Waals surface area contributed by atoms with Crippen LogP contribution in [0.25, 0.3) is 6.08 Å². The van der Waals surface area contributed by atoms with Gasteiger partial charge in [0.25, 0.3) is 0 Å². The highest BCUT2D eigenvalue weighted by Gasteiger charge is 2.47. The lowest BCUT2D eigenvalue weighted by molar-refractivity contribution is -0.165. The Morgan fingerprint density at radius 2 is 2.14 bits per heavy atom. The van der Waals surface area contributed by atoms with Crippen molar-refractivity contribution in [3.05, 3.63) is 35.4 Å². The summed E-state index contributed by atoms with van der Waals surface area (Å²) in [7, 11) is 1.37. The Kier molecular flexibility index (Phi) is 3.64. The predicted molar refractivity (Wildman–Crippen MR) is 81.4 cm³/mol. The van der Waals surface area contributed by atoms with E-state index >= 15 is 0 Å². The number of ether oxygens (including phenoxy) is 2. The lowest BCUT2D eigenvalue weighted by atomic mass is 9.82. The Labute approximate surface area is 129 Å². The SMILES string of the molecule is COC(=O)C1(C)CN(C(=O)/C=C/c2ccc3c(c2)CCO3)C1. The summed E-state index contributed by atoms with van der Waals surface area (Å²) in [5, 5.41) is 0. The maximum atomic E-state index is 12.1. The molecule has 5 nitrogen and oxygen atoms in total. The van der Waals surface area contributed by atoms with Crippen LogP contribution in [0.5, 0.6) is 5.75 Å². The van der Waals surface area contributed by atoms with Crippen molar-refractivity contribution >= 4 is 18.0 Å². The number of nitrogens with zero attached hydrogens (tertiary/aromatic N) is 1. The van der Waals surface area contributed by atoms with Crippen molar-refractivity contribution in [2.75, 3.05) is 26.8 Å². The second kappa shape index (κ2) is 5.48. The molecule has 1 aromatic rings. The maximum Gasteiger partial charge on any atom is 0.315 e. The molecule has 0 N–H and O–H groups in total. The minimum absolute atomic E-state index is 0.0851. The van der Waals surface area contributed by atoms with E-state index in [4.69, 9.17) is 9.47 Å². The lowest BCUT2D eigenvalue weighted by Gasteiger charge is -2.45. The molecule has 116 valence electrons. The highest BCUT2D eigenvalue weighted by molar-refractivity contribution is 5.94. The number of esters is 1. The summed E-state index contributed by atoms with van der Waals surface area (Å²) in [6.07, 6.45) is 4.26. The normalized spacial score (nSPS) is 18.5. The zero-order valence-corrected chi connectivity index (χ0v) is 12.8. The first-order chi connectivity index (χ1) is 10.5. The fraction of sp³-hybridized carbons (Fsp3) is 0.412. The number of benzene rings is 1. The monoisotopic (exact) mass is 301 g/mol. The van der Waals surface area contributed by atoms with E-state index in [0.29, 0.717) is 13.1 Å². The van der Waals surface area contributed by atoms with Crippen LogP contribution < -0.4 is 4.74 Å². The number of amides is 1. The lowest BCUT2D eigenvalue weighted by Crippen LogP contribution is -2.60. The Balaban J connectivity index is 1.60. The van der Waals surface area contributed by atoms with Crippen molar-refractivity contribution in [1.82, 2.24) is 4.90 Å². The molecular formula is C17H19NO4. The first kappa shape index (κ1) is 14.6. The van der Waals surface area contributed by atoms with Gasteiger partial charge in [0.1, 0.15) is 11.2 Å². The molecule has 1 amide bonds. The van der Waals surface area contributed by atoms with E-state index in [1.807, 2.05) is 25.1 Å². The summed E-state index contributed by atoms with van der Waals surface area (Å²) in [6, 6.07) is 5.91. The number of likely N-dealkylation sites (tertiary alicyclic amines) is 1. The van der Waals surface area contributed by atoms with Gasteiger partial charge in [0.2, 0.25) is 5.91 Å². The molecule has 5 heteroatoms. The Morgan fingerprint density at radius 1 is 1.36 bits per heavy atom. The molecule has 0 atom stereocenters. The summed E-state index contributed by atoms with van der Waals surface area (Å²) in [4.78, 5) is 25.3. The average molecular weight is 301 g/mol. The van der Waals surface area contributed by atoms with Gasteiger partial charge in [-0.15, -0.1) is 0 Å². The topological polar surface area (TPSA) is 55.8 Å². The summed E-state index contributed by atoms with van der Waals surface area (Å²) >= 11 is 0. The third-order valence-corrected chi connectivity index (χ3v) is 4.20. The van der Waals surface area contributed by atoms with Gasteiger partial charge in [0, 0.05) is 25.6 Å². The number of carbonyl (C=O) groups excluding carboxylic acids is 2. The first-order valence-corrected chi connectivity index (χ1v) is 7.33. The maximum absolute atomic E-state index is 12.1. The van der Waals surface area contributed by atoms with Crippen LogP contribution in [0.15, 0.2) is 24.3 Å². The number of carbonyl (C=O) groups is 2. The van der Waals surface area contributed by atoms with Crippen LogP contribution in [0.2, 0.25) is 0 Å². The molecule has 0 saturated carbocycles. The van der Waals surface area contributed by atoms with Crippen molar-refractivity contribution in [3.8, 4) is 5.75 Å². The molecule has 2 aliphatic rings. The molecule has 2 aliphatic heterocycles. The molecule has 1 aromatic carbocycles. The first-order valence-electron chi connectivity index (χ1n) is 7.33. The Hall–Kier alpha value is -2.30. The molecule has 22 heavy (non-hydrogen) atoms. The summed E-state index contributed by atoms with van der Waals surface area (Å²) in [6.45, 7) is 3.34. The van der Waals surface area contributed by atoms with E-state index in [9.17, 15) is 9.59 Å². The van der Waals surface area contributed by atoms with Crippen LogP contribution in [-0.4, -0.2) is 43.6 Å². The van der Waals surface area contributed by atoms with Gasteiger partial charge in [-0.25, -0.2) is 0 Å². The molecule has 1 saturated heterocycles. The van der Waals surface area contributed by atoms with Gasteiger partial charge in [-0.1, -0.05) is 6.07 Å². The van der Waals surface area contributed by atoms with Crippen molar-refractivity contribution in [2.24, 2.45) is 5.41 Å². The fourth-order valence-corrected chi connectivity index (χ4v) is 2.91. The molecule has 0 aliphatic carbocycles. The Morgan fingerprint density at radius 3 is 2.86 bits per heavy atom. The van der Waals surface area contributed by atoms with Gasteiger partial charge in [-0.3, -0.25) is 9.59 Å². The van der Waals surface area contributed by atoms with Crippen molar-refractivity contribution in [1.29, 1.82) is 0 Å². The number of hydrogen-bond acceptors (Lipinski definition) is 4. The quantitative estimate of drug-likeness (QED) is 0.629. The van der Waals surface area contributed by atoms with Crippen LogP contribution in [0.4, 0.5) is 0 Å². The summed E-state index contributed by atoms with van der Waals surface area (Å²) in [5.41, 5.74) is 1.59. The predicted octanol–water partition coefficient (Wildman–Crippen LogP) is 1.66. The van der Waals surface area contributed by atoms with Gasteiger partial charge in [0.05, 0.1) is 13.7 Å². The van der Waals surface area contributed by atoms with Gasteiger partial charge >= 0.3 is 5.97 Å². The van der Waals surface area contributed by atoms with Crippen LogP contribution in [0.3, 0.4) is 0 Å². The second-order valence-electron chi connectivity index (χ2n) is 6.05. The third-order valence-electron chi connectivity index (χ3n) is 4.20. The highest BCUT2D eigenvalue weighted by atomic mass is 16.5. The van der Waals surface area contributed by atoms with E-state index in [2.05, 4.69) is 0 Å². The summed E-state index contributed by atoms with van der Waals surface area (Å²) in [5.74, 6) is 0.581. The van der Waals surface area contributed by atoms with E-state index in [1.165, 1.54) is 12.7 Å². The van der Waals surface area contributed by atoms with Crippen molar-refractivity contribution < 1.29 is 19.1 Å². The standard InChI is InChI=1S/C17H19NO4/c1-17(16(20)21-2)10-18(11-17)15(19)6-4-12-3-5-14-13(9-12)7-8-22-14/h3-6,9H,7-8,10-11H2,1-2H3/b6-4+. The number of fused-ring (bicyclic) bond motifs is 1. The molecule has 0 bridgehead atoms. The molecular weight excluding hydrogens is 282 g/mol. The van der Waals surface area contributed by atoms with E-state index < -0.39 is 5.41 Å². The molecule has 0 radical (unpaired) electrons. The van der Waals surface area contributed by atoms with Crippen molar-refractivity contribution in [3.63, 3.8) is 0 Å². The van der Waals surface area contributed by atoms with E-state index in [1.54, 1.807) is 17.1 Å². The highest BCUT2D eigenvalue weighted by Crippen LogP contribution is 2.31. The number of rotatable bonds is 3. The van der Waals surface area contributed by atoms with Gasteiger partial charge in [-0.05, 0) is 36.3 Å². The fourth-order valence-electron chi connectivity index (χ4n) is 2.91. The van der Waals surface area contributed by atoms with Crippen LogP contribution >= 0.6 is 0 Å². The zero-order valence-electron chi connectivity index (χ0n) is 12.8. The third kappa shape index (κ3) is 2.58. The molecule has 0 unspecified atom stereocenters. The smallest absolute Gasteiger partial charge is 0.315 e. The number of methoxy groups -OCH3 is 1. The minimum Gasteiger partial charge on any atom is -0.493 e. The largest absolute Gasteiger partial charge is 0.493 e. The summed E-state index contributed by atoms with van der Waals surface area (Å²) < 4.78 is 10.2. The number of hydrogen-bond donors (Lipinski definition) is 0. The molecule has 0 aromatic heterocycles. The van der Waals surface area contributed by atoms with Gasteiger partial charge in [0.15, 0.2) is 0 Å².